The molecule has 2 aliphatic heterocycles. The van der Waals surface area contributed by atoms with Gasteiger partial charge in [-0.15, -0.1) is 0 Å². The number of amides is 5. The minimum absolute atomic E-state index is 0.00625. The summed E-state index contributed by atoms with van der Waals surface area (Å²) < 4.78 is 4.90. The number of nitrogens with two attached hydrogens (primary N) is 1. The summed E-state index contributed by atoms with van der Waals surface area (Å²) in [5.41, 5.74) is 6.33. The van der Waals surface area contributed by atoms with Crippen LogP contribution in [-0.2, 0) is 35.3 Å². The Morgan fingerprint density at radius 3 is 2.22 bits per heavy atom. The Morgan fingerprint density at radius 2 is 1.67 bits per heavy atom. The predicted molar refractivity (Wildman–Crippen MR) is 165 cm³/mol. The molecule has 2 unspecified atom stereocenters. The number of carbonyl (C=O) groups excluding carboxylic acids is 6. The zero-order valence-electron chi connectivity index (χ0n) is 26.4. The number of rotatable bonds is 16. The van der Waals surface area contributed by atoms with Crippen molar-refractivity contribution in [1.29, 1.82) is 0 Å². The van der Waals surface area contributed by atoms with E-state index in [0.717, 1.165) is 12.8 Å². The normalized spacial score (nSPS) is 20.2. The van der Waals surface area contributed by atoms with E-state index in [1.54, 1.807) is 38.1 Å². The predicted octanol–water partition coefficient (Wildman–Crippen LogP) is 2.00. The third-order valence-corrected chi connectivity index (χ3v) is 8.70. The second kappa shape index (κ2) is 16.9. The number of aliphatic hydroxyl groups excluding tert-OH is 1. The maximum Gasteiger partial charge on any atom is 0.312 e. The molecule has 3 rings (SSSR count). The molecule has 13 nitrogen and oxygen atoms in total. The number of esters is 1. The van der Waals surface area contributed by atoms with Crippen LogP contribution in [0.4, 0.5) is 10.5 Å². The standard InChI is InChI=1S/C32H47N5O8/c1-19(2)29(36-27(40)12-13-28(41)37-24-10-11-25(37)16-22(15-24)31(43)45-3)26(39)17-21(5-4-14-34-32(33)44)30(42)35-23-8-6-20(18-38)7-9-23/h6-9,19,21-22,24-25,29,38H,4-5,10-18H2,1-3H3,(H,35,42)(H,36,40)(H3,33,34,44)/t21-,22?,24?,25?,29+/m1/s1. The monoisotopic (exact) mass is 629 g/mol. The molecule has 2 bridgehead atoms. The third kappa shape index (κ3) is 10.3. The molecule has 0 spiro atoms. The van der Waals surface area contributed by atoms with Gasteiger partial charge in [0.05, 0.1) is 25.7 Å². The molecule has 13 heteroatoms. The first-order valence-electron chi connectivity index (χ1n) is 15.7. The summed E-state index contributed by atoms with van der Waals surface area (Å²) in [4.78, 5) is 77.7. The molecule has 45 heavy (non-hydrogen) atoms. The van der Waals surface area contributed by atoms with Gasteiger partial charge in [0.2, 0.25) is 17.7 Å². The second-order valence-corrected chi connectivity index (χ2v) is 12.3. The van der Waals surface area contributed by atoms with Gasteiger partial charge < -0.3 is 36.4 Å². The van der Waals surface area contributed by atoms with E-state index in [0.29, 0.717) is 30.5 Å². The Kier molecular flexibility index (Phi) is 13.3. The molecule has 0 aliphatic carbocycles. The van der Waals surface area contributed by atoms with E-state index < -0.39 is 23.9 Å². The number of benzene rings is 1. The number of hydrogen-bond acceptors (Lipinski definition) is 8. The highest BCUT2D eigenvalue weighted by Crippen LogP contribution is 2.39. The van der Waals surface area contributed by atoms with Crippen molar-refractivity contribution in [2.45, 2.75) is 96.4 Å². The molecular weight excluding hydrogens is 582 g/mol. The van der Waals surface area contributed by atoms with Gasteiger partial charge in [-0.25, -0.2) is 4.79 Å². The average molecular weight is 630 g/mol. The quantitative estimate of drug-likeness (QED) is 0.135. The van der Waals surface area contributed by atoms with E-state index in [1.165, 1.54) is 7.11 Å². The number of fused-ring (bicyclic) bond motifs is 2. The number of primary amides is 1. The van der Waals surface area contributed by atoms with E-state index in [-0.39, 0.29) is 86.3 Å². The van der Waals surface area contributed by atoms with Crippen LogP contribution >= 0.6 is 0 Å². The Morgan fingerprint density at radius 1 is 1.02 bits per heavy atom. The summed E-state index contributed by atoms with van der Waals surface area (Å²) in [5.74, 6) is -2.74. The molecule has 1 aromatic carbocycles. The lowest BCUT2D eigenvalue weighted by molar-refractivity contribution is -0.151. The molecule has 4 atom stereocenters. The van der Waals surface area contributed by atoms with Crippen molar-refractivity contribution >= 4 is 41.2 Å². The van der Waals surface area contributed by atoms with Crippen LogP contribution in [0.3, 0.4) is 0 Å². The van der Waals surface area contributed by atoms with E-state index in [9.17, 15) is 33.9 Å². The van der Waals surface area contributed by atoms with E-state index in [2.05, 4.69) is 16.0 Å². The van der Waals surface area contributed by atoms with Gasteiger partial charge in [0.1, 0.15) is 0 Å². The smallest absolute Gasteiger partial charge is 0.312 e. The number of carbonyl (C=O) groups is 6. The minimum Gasteiger partial charge on any atom is -0.469 e. The molecule has 6 N–H and O–H groups in total. The Bertz CT molecular complexity index is 1210. The van der Waals surface area contributed by atoms with Gasteiger partial charge in [-0.3, -0.25) is 24.0 Å². The number of ether oxygens (including phenoxy) is 1. The van der Waals surface area contributed by atoms with E-state index in [4.69, 9.17) is 10.5 Å². The molecule has 1 aromatic rings. The fourth-order valence-corrected chi connectivity index (χ4v) is 6.35. The van der Waals surface area contributed by atoms with Gasteiger partial charge >= 0.3 is 12.0 Å². The number of aliphatic hydroxyl groups is 1. The summed E-state index contributed by atoms with van der Waals surface area (Å²) in [6, 6.07) is 5.04. The number of ketones is 1. The van der Waals surface area contributed by atoms with Crippen molar-refractivity contribution in [2.75, 3.05) is 19.0 Å². The highest BCUT2D eigenvalue weighted by atomic mass is 16.5. The van der Waals surface area contributed by atoms with Gasteiger partial charge in [-0.05, 0) is 62.1 Å². The van der Waals surface area contributed by atoms with Crippen LogP contribution in [0.2, 0.25) is 0 Å². The number of urea groups is 1. The first kappa shape index (κ1) is 35.5. The van der Waals surface area contributed by atoms with E-state index >= 15 is 0 Å². The fraction of sp³-hybridized carbons (Fsp3) is 0.625. The number of anilines is 1. The van der Waals surface area contributed by atoms with Crippen molar-refractivity contribution in [3.05, 3.63) is 29.8 Å². The summed E-state index contributed by atoms with van der Waals surface area (Å²) in [6.07, 6.45) is 3.22. The fourth-order valence-electron chi connectivity index (χ4n) is 6.35. The molecule has 2 heterocycles. The van der Waals surface area contributed by atoms with Gasteiger partial charge in [-0.2, -0.15) is 0 Å². The van der Waals surface area contributed by atoms with Crippen LogP contribution in [0.25, 0.3) is 0 Å². The lowest BCUT2D eigenvalue weighted by Crippen LogP contribution is -2.49. The molecule has 2 fully saturated rings. The lowest BCUT2D eigenvalue weighted by Gasteiger charge is -2.38. The molecular formula is C32H47N5O8. The topological polar surface area (TPSA) is 197 Å². The van der Waals surface area contributed by atoms with Crippen molar-refractivity contribution < 1.29 is 38.6 Å². The van der Waals surface area contributed by atoms with Gasteiger partial charge in [0, 0.05) is 49.5 Å². The van der Waals surface area contributed by atoms with Crippen LogP contribution in [-0.4, -0.2) is 77.3 Å². The number of hydrogen-bond donors (Lipinski definition) is 5. The van der Waals surface area contributed by atoms with Crippen LogP contribution in [0.15, 0.2) is 24.3 Å². The van der Waals surface area contributed by atoms with Gasteiger partial charge in [0.25, 0.3) is 0 Å². The minimum atomic E-state index is -0.859. The lowest BCUT2D eigenvalue weighted by atomic mass is 9.89. The van der Waals surface area contributed by atoms with Crippen molar-refractivity contribution in [3.63, 3.8) is 0 Å². The zero-order valence-corrected chi connectivity index (χ0v) is 26.4. The van der Waals surface area contributed by atoms with Crippen LogP contribution < -0.4 is 21.7 Å². The van der Waals surface area contributed by atoms with Crippen molar-refractivity contribution in [2.24, 2.45) is 23.5 Å². The summed E-state index contributed by atoms with van der Waals surface area (Å²) in [7, 11) is 1.37. The number of methoxy groups -OCH3 is 1. The molecule has 0 saturated carbocycles. The second-order valence-electron chi connectivity index (χ2n) is 12.3. The van der Waals surface area contributed by atoms with Gasteiger partial charge in [0.15, 0.2) is 5.78 Å². The molecule has 0 aromatic heterocycles. The average Bonchev–Trinajstić information content (AvgIpc) is 3.28. The zero-order chi connectivity index (χ0) is 33.1. The largest absolute Gasteiger partial charge is 0.469 e. The first-order chi connectivity index (χ1) is 21.4. The molecule has 5 amide bonds. The maximum atomic E-state index is 13.5. The SMILES string of the molecule is COC(=O)C1CC2CCC(C1)N2C(=O)CCC(=O)N[C@H](C(=O)C[C@@H](CCCNC(N)=O)C(=O)Nc1ccc(CO)cc1)C(C)C. The summed E-state index contributed by atoms with van der Waals surface area (Å²) >= 11 is 0. The van der Waals surface area contributed by atoms with Crippen molar-refractivity contribution in [3.8, 4) is 0 Å². The molecule has 2 saturated heterocycles. The van der Waals surface area contributed by atoms with Crippen LogP contribution in [0, 0.1) is 17.8 Å². The number of piperidine rings is 1. The highest BCUT2D eigenvalue weighted by Gasteiger charge is 2.45. The number of Topliss-reactive ketones (excluding diaryl/α,β-unsaturated/α-hetero) is 1. The van der Waals surface area contributed by atoms with E-state index in [1.807, 2.05) is 4.90 Å². The molecule has 2 aliphatic rings. The Balaban J connectivity index is 1.58. The van der Waals surface area contributed by atoms with Crippen molar-refractivity contribution in [1.82, 2.24) is 15.5 Å². The summed E-state index contributed by atoms with van der Waals surface area (Å²) in [6.45, 7) is 3.70. The number of nitrogens with one attached hydrogen (secondary N) is 3. The van der Waals surface area contributed by atoms with Crippen LogP contribution in [0.5, 0.6) is 0 Å². The third-order valence-electron chi connectivity index (χ3n) is 8.70. The van der Waals surface area contributed by atoms with Crippen LogP contribution in [0.1, 0.15) is 77.2 Å². The number of nitrogens with zero attached hydrogens (tertiary/aromatic N) is 1. The maximum absolute atomic E-state index is 13.5. The summed E-state index contributed by atoms with van der Waals surface area (Å²) in [5, 5.41) is 17.3. The highest BCUT2D eigenvalue weighted by molar-refractivity contribution is 5.97. The Hall–Kier alpha value is -4.00. The molecule has 248 valence electrons. The van der Waals surface area contributed by atoms with Gasteiger partial charge in [-0.1, -0.05) is 26.0 Å². The Labute approximate surface area is 264 Å². The molecule has 0 radical (unpaired) electrons. The first-order valence-corrected chi connectivity index (χ1v) is 15.7.